The maximum absolute atomic E-state index is 12.8. The van der Waals surface area contributed by atoms with E-state index in [1.165, 1.54) is 24.3 Å². The van der Waals surface area contributed by atoms with Gasteiger partial charge < -0.3 is 9.52 Å². The fourth-order valence-electron chi connectivity index (χ4n) is 2.01. The van der Waals surface area contributed by atoms with Gasteiger partial charge in [0.1, 0.15) is 5.82 Å². The molecule has 0 saturated carbocycles. The molecule has 1 aliphatic rings. The van der Waals surface area contributed by atoms with Crippen LogP contribution >= 0.6 is 11.8 Å². The fourth-order valence-corrected chi connectivity index (χ4v) is 5.36. The van der Waals surface area contributed by atoms with Crippen molar-refractivity contribution < 1.29 is 22.3 Å². The van der Waals surface area contributed by atoms with E-state index in [4.69, 9.17) is 4.42 Å². The Morgan fingerprint density at radius 1 is 1.24 bits per heavy atom. The second-order valence-electron chi connectivity index (χ2n) is 4.68. The van der Waals surface area contributed by atoms with Crippen molar-refractivity contribution >= 4 is 21.6 Å². The van der Waals surface area contributed by atoms with Crippen molar-refractivity contribution in [3.05, 3.63) is 30.1 Å². The van der Waals surface area contributed by atoms with E-state index >= 15 is 0 Å². The summed E-state index contributed by atoms with van der Waals surface area (Å²) in [6.45, 7) is 0. The molecule has 1 aromatic heterocycles. The molecule has 112 valence electrons. The predicted molar refractivity (Wildman–Crippen MR) is 74.0 cm³/mol. The van der Waals surface area contributed by atoms with E-state index in [1.54, 1.807) is 0 Å². The summed E-state index contributed by atoms with van der Waals surface area (Å²) in [6.07, 6.45) is -0.943. The Morgan fingerprint density at radius 3 is 2.57 bits per heavy atom. The van der Waals surface area contributed by atoms with Gasteiger partial charge in [-0.1, -0.05) is 11.8 Å². The number of sulfone groups is 1. The Hall–Kier alpha value is -1.45. The van der Waals surface area contributed by atoms with Crippen LogP contribution in [0.15, 0.2) is 33.9 Å². The highest BCUT2D eigenvalue weighted by atomic mass is 32.2. The Labute approximate surface area is 124 Å². The first kappa shape index (κ1) is 14.5. The molecule has 21 heavy (non-hydrogen) atoms. The summed E-state index contributed by atoms with van der Waals surface area (Å²) in [5.74, 6) is -0.517. The zero-order chi connectivity index (χ0) is 15.0. The van der Waals surface area contributed by atoms with E-state index in [0.717, 1.165) is 11.8 Å². The van der Waals surface area contributed by atoms with Gasteiger partial charge in [0.25, 0.3) is 5.22 Å². The SMILES string of the molecule is O=S1(=O)C[C@@H](O)[C@H](Sc2nnc(-c3ccc(F)cc3)o2)C1. The smallest absolute Gasteiger partial charge is 0.277 e. The van der Waals surface area contributed by atoms with Crippen molar-refractivity contribution in [1.82, 2.24) is 10.2 Å². The molecule has 1 aromatic carbocycles. The topological polar surface area (TPSA) is 93.3 Å². The van der Waals surface area contributed by atoms with Crippen LogP contribution in [-0.2, 0) is 9.84 Å². The Bertz CT molecular complexity index is 745. The molecule has 0 spiro atoms. The van der Waals surface area contributed by atoms with Crippen LogP contribution in [0.4, 0.5) is 4.39 Å². The molecule has 0 amide bonds. The molecule has 0 aliphatic carbocycles. The number of thioether (sulfide) groups is 1. The number of halogens is 1. The molecule has 2 atom stereocenters. The molecule has 0 bridgehead atoms. The third-order valence-corrected chi connectivity index (χ3v) is 6.10. The van der Waals surface area contributed by atoms with E-state index in [2.05, 4.69) is 10.2 Å². The number of hydrogen-bond donors (Lipinski definition) is 1. The van der Waals surface area contributed by atoms with Crippen molar-refractivity contribution in [3.8, 4) is 11.5 Å². The second kappa shape index (κ2) is 5.39. The number of rotatable bonds is 3. The van der Waals surface area contributed by atoms with Gasteiger partial charge in [-0.2, -0.15) is 0 Å². The van der Waals surface area contributed by atoms with E-state index in [0.29, 0.717) is 5.56 Å². The first-order chi connectivity index (χ1) is 9.93. The van der Waals surface area contributed by atoms with E-state index < -0.39 is 21.2 Å². The van der Waals surface area contributed by atoms with Gasteiger partial charge in [-0.25, -0.2) is 12.8 Å². The number of aliphatic hydroxyl groups excluding tert-OH is 1. The summed E-state index contributed by atoms with van der Waals surface area (Å²) < 4.78 is 41.1. The third-order valence-electron chi connectivity index (χ3n) is 3.02. The number of aromatic nitrogens is 2. The number of benzene rings is 1. The van der Waals surface area contributed by atoms with Crippen molar-refractivity contribution in [2.24, 2.45) is 0 Å². The molecule has 6 nitrogen and oxygen atoms in total. The van der Waals surface area contributed by atoms with Gasteiger partial charge in [0.15, 0.2) is 9.84 Å². The molecular weight excluding hydrogens is 319 g/mol. The van der Waals surface area contributed by atoms with Crippen LogP contribution in [0.2, 0.25) is 0 Å². The van der Waals surface area contributed by atoms with Crippen LogP contribution in [0, 0.1) is 5.82 Å². The number of nitrogens with zero attached hydrogens (tertiary/aromatic N) is 2. The minimum atomic E-state index is -3.22. The normalized spacial score (nSPS) is 24.3. The maximum Gasteiger partial charge on any atom is 0.277 e. The Kier molecular flexibility index (Phi) is 3.72. The molecule has 3 rings (SSSR count). The van der Waals surface area contributed by atoms with Crippen molar-refractivity contribution in [2.75, 3.05) is 11.5 Å². The van der Waals surface area contributed by atoms with Crippen LogP contribution in [0.3, 0.4) is 0 Å². The van der Waals surface area contributed by atoms with Crippen LogP contribution < -0.4 is 0 Å². The van der Waals surface area contributed by atoms with Crippen LogP contribution in [0.1, 0.15) is 0 Å². The third kappa shape index (κ3) is 3.25. The summed E-state index contributed by atoms with van der Waals surface area (Å²) in [5, 5.41) is 17.0. The van der Waals surface area contributed by atoms with Gasteiger partial charge in [-0.3, -0.25) is 0 Å². The Morgan fingerprint density at radius 2 is 1.95 bits per heavy atom. The zero-order valence-electron chi connectivity index (χ0n) is 10.6. The summed E-state index contributed by atoms with van der Waals surface area (Å²) in [6, 6.07) is 5.57. The molecule has 2 heterocycles. The lowest BCUT2D eigenvalue weighted by Crippen LogP contribution is -2.19. The van der Waals surface area contributed by atoms with Crippen LogP contribution in [0.5, 0.6) is 0 Å². The van der Waals surface area contributed by atoms with Crippen LogP contribution in [0.25, 0.3) is 11.5 Å². The lowest BCUT2D eigenvalue weighted by Gasteiger charge is -2.07. The lowest BCUT2D eigenvalue weighted by atomic mass is 10.2. The fraction of sp³-hybridized carbons (Fsp3) is 0.333. The molecule has 1 fully saturated rings. The van der Waals surface area contributed by atoms with E-state index in [-0.39, 0.29) is 28.4 Å². The summed E-state index contributed by atoms with van der Waals surface area (Å²) in [5.41, 5.74) is 0.565. The first-order valence-electron chi connectivity index (χ1n) is 6.07. The van der Waals surface area contributed by atoms with Crippen molar-refractivity contribution in [1.29, 1.82) is 0 Å². The number of aliphatic hydroxyl groups is 1. The van der Waals surface area contributed by atoms with Crippen molar-refractivity contribution in [3.63, 3.8) is 0 Å². The zero-order valence-corrected chi connectivity index (χ0v) is 12.3. The van der Waals surface area contributed by atoms with Gasteiger partial charge >= 0.3 is 0 Å². The van der Waals surface area contributed by atoms with E-state index in [9.17, 15) is 17.9 Å². The highest BCUT2D eigenvalue weighted by Gasteiger charge is 2.38. The lowest BCUT2D eigenvalue weighted by molar-refractivity contribution is 0.207. The number of hydrogen-bond acceptors (Lipinski definition) is 7. The summed E-state index contributed by atoms with van der Waals surface area (Å²) >= 11 is 1.04. The second-order valence-corrected chi connectivity index (χ2v) is 8.02. The van der Waals surface area contributed by atoms with Gasteiger partial charge in [0.2, 0.25) is 5.89 Å². The van der Waals surface area contributed by atoms with Gasteiger partial charge in [-0.05, 0) is 24.3 Å². The Balaban J connectivity index is 1.75. The molecule has 1 saturated heterocycles. The average molecular weight is 330 g/mol. The van der Waals surface area contributed by atoms with Gasteiger partial charge in [0, 0.05) is 5.56 Å². The molecule has 1 aliphatic heterocycles. The predicted octanol–water partition coefficient (Wildman–Crippen LogP) is 1.13. The van der Waals surface area contributed by atoms with Gasteiger partial charge in [-0.15, -0.1) is 10.2 Å². The van der Waals surface area contributed by atoms with Crippen LogP contribution in [-0.4, -0.2) is 46.6 Å². The molecule has 1 N–H and O–H groups in total. The first-order valence-corrected chi connectivity index (χ1v) is 8.78. The molecule has 2 aromatic rings. The minimum Gasteiger partial charge on any atom is -0.411 e. The summed E-state index contributed by atoms with van der Waals surface area (Å²) in [4.78, 5) is 0. The minimum absolute atomic E-state index is 0.118. The standard InChI is InChI=1S/C12H11FN2O4S2/c13-8-3-1-7(2-4-8)11-14-15-12(19-11)20-10-6-21(17,18)5-9(10)16/h1-4,9-10,16H,5-6H2/t9-,10-/m1/s1. The van der Waals surface area contributed by atoms with Crippen molar-refractivity contribution in [2.45, 2.75) is 16.6 Å². The molecular formula is C12H11FN2O4S2. The highest BCUT2D eigenvalue weighted by Crippen LogP contribution is 2.32. The highest BCUT2D eigenvalue weighted by molar-refractivity contribution is 8.01. The maximum atomic E-state index is 12.8. The van der Waals surface area contributed by atoms with E-state index in [1.807, 2.05) is 0 Å². The summed E-state index contributed by atoms with van der Waals surface area (Å²) in [7, 11) is -3.22. The quantitative estimate of drug-likeness (QED) is 0.901. The molecule has 0 unspecified atom stereocenters. The van der Waals surface area contributed by atoms with Gasteiger partial charge in [0.05, 0.1) is 22.9 Å². The molecule has 9 heteroatoms. The largest absolute Gasteiger partial charge is 0.411 e. The average Bonchev–Trinajstić information content (AvgIpc) is 2.96. The monoisotopic (exact) mass is 330 g/mol. The molecule has 0 radical (unpaired) electrons.